The first kappa shape index (κ1) is 23.5. The number of nitrogens with zero attached hydrogens (tertiary/aromatic N) is 3. The maximum absolute atomic E-state index is 15.0. The number of piperidine rings is 1. The lowest BCUT2D eigenvalue weighted by Gasteiger charge is -2.40. The summed E-state index contributed by atoms with van der Waals surface area (Å²) in [4.78, 5) is 6.15. The van der Waals surface area contributed by atoms with Gasteiger partial charge in [0.15, 0.2) is 0 Å². The molecule has 3 aromatic rings. The van der Waals surface area contributed by atoms with Gasteiger partial charge < -0.3 is 15.4 Å². The Balaban J connectivity index is 1.55. The number of nitrogens with two attached hydrogens (primary N) is 1. The minimum absolute atomic E-state index is 0.0479. The fourth-order valence-electron chi connectivity index (χ4n) is 4.26. The van der Waals surface area contributed by atoms with E-state index < -0.39 is 23.1 Å². The summed E-state index contributed by atoms with van der Waals surface area (Å²) in [5.41, 5.74) is 6.49. The van der Waals surface area contributed by atoms with E-state index in [0.717, 1.165) is 12.1 Å². The van der Waals surface area contributed by atoms with E-state index in [1.807, 2.05) is 11.0 Å². The number of benzene rings is 2. The number of rotatable bonds is 4. The van der Waals surface area contributed by atoms with Crippen LogP contribution in [0.4, 0.5) is 23.2 Å². The molecule has 1 aliphatic rings. The number of methoxy groups -OCH3 is 1. The summed E-state index contributed by atoms with van der Waals surface area (Å²) in [5, 5.41) is 9.38. The van der Waals surface area contributed by atoms with Crippen LogP contribution in [0.15, 0.2) is 54.7 Å². The molecule has 9 heteroatoms. The lowest BCUT2D eigenvalue weighted by atomic mass is 9.82. The topological polar surface area (TPSA) is 75.2 Å². The van der Waals surface area contributed by atoms with Crippen LogP contribution in [0.2, 0.25) is 0 Å². The van der Waals surface area contributed by atoms with Crippen molar-refractivity contribution in [2.24, 2.45) is 5.73 Å². The van der Waals surface area contributed by atoms with Crippen molar-refractivity contribution in [2.75, 3.05) is 25.1 Å². The summed E-state index contributed by atoms with van der Waals surface area (Å²) in [5.74, 6) is -0.0222. The molecule has 1 saturated heterocycles. The van der Waals surface area contributed by atoms with E-state index in [0.29, 0.717) is 48.5 Å². The second kappa shape index (κ2) is 8.95. The molecule has 34 heavy (non-hydrogen) atoms. The van der Waals surface area contributed by atoms with E-state index in [-0.39, 0.29) is 11.3 Å². The standard InChI is InChI=1S/C25H22F4N4O/c1-34-22-5-3-2-4-19(22)23-20(26)13-18(15-32-23)24(31)8-10-33(11-9-24)21-7-6-17(25(27,28)29)12-16(21)14-30/h2-7,12-13,15H,8-11,31H2,1H3. The van der Waals surface area contributed by atoms with Gasteiger partial charge in [0.25, 0.3) is 0 Å². The van der Waals surface area contributed by atoms with Gasteiger partial charge >= 0.3 is 6.18 Å². The summed E-state index contributed by atoms with van der Waals surface area (Å²) in [6.45, 7) is 0.791. The van der Waals surface area contributed by atoms with E-state index >= 15 is 4.39 Å². The van der Waals surface area contributed by atoms with Gasteiger partial charge in [0.1, 0.15) is 23.3 Å². The van der Waals surface area contributed by atoms with Crippen molar-refractivity contribution in [3.05, 3.63) is 77.2 Å². The Morgan fingerprint density at radius 1 is 1.12 bits per heavy atom. The molecule has 4 rings (SSSR count). The third kappa shape index (κ3) is 4.41. The van der Waals surface area contributed by atoms with Crippen molar-refractivity contribution in [3.8, 4) is 23.1 Å². The molecule has 2 N–H and O–H groups in total. The van der Waals surface area contributed by atoms with Crippen LogP contribution in [0.3, 0.4) is 0 Å². The van der Waals surface area contributed by atoms with E-state index in [9.17, 15) is 18.4 Å². The van der Waals surface area contributed by atoms with Gasteiger partial charge in [-0.25, -0.2) is 4.39 Å². The van der Waals surface area contributed by atoms with Crippen LogP contribution in [0.5, 0.6) is 5.75 Å². The first-order valence-corrected chi connectivity index (χ1v) is 10.6. The Morgan fingerprint density at radius 2 is 1.82 bits per heavy atom. The highest BCUT2D eigenvalue weighted by Gasteiger charge is 2.35. The lowest BCUT2D eigenvalue weighted by molar-refractivity contribution is -0.137. The Bertz CT molecular complexity index is 1240. The maximum atomic E-state index is 15.0. The van der Waals surface area contributed by atoms with Gasteiger partial charge in [0, 0.05) is 30.4 Å². The maximum Gasteiger partial charge on any atom is 0.416 e. The van der Waals surface area contributed by atoms with Crippen LogP contribution >= 0.6 is 0 Å². The smallest absolute Gasteiger partial charge is 0.416 e. The number of anilines is 1. The molecular weight excluding hydrogens is 448 g/mol. The highest BCUT2D eigenvalue weighted by atomic mass is 19.4. The summed E-state index contributed by atoms with van der Waals surface area (Å²) in [7, 11) is 1.50. The largest absolute Gasteiger partial charge is 0.496 e. The second-order valence-electron chi connectivity index (χ2n) is 8.24. The number of pyridine rings is 1. The SMILES string of the molecule is COc1ccccc1-c1ncc(C2(N)CCN(c3ccc(C(F)(F)F)cc3C#N)CC2)cc1F. The Morgan fingerprint density at radius 3 is 2.44 bits per heavy atom. The molecule has 0 saturated carbocycles. The fourth-order valence-corrected chi connectivity index (χ4v) is 4.26. The Hall–Kier alpha value is -3.64. The van der Waals surface area contributed by atoms with Crippen LogP contribution in [0.1, 0.15) is 29.5 Å². The van der Waals surface area contributed by atoms with Crippen molar-refractivity contribution in [3.63, 3.8) is 0 Å². The van der Waals surface area contributed by atoms with Gasteiger partial charge in [-0.2, -0.15) is 18.4 Å². The second-order valence-corrected chi connectivity index (χ2v) is 8.24. The third-order valence-corrected chi connectivity index (χ3v) is 6.22. The molecule has 0 bridgehead atoms. The average Bonchev–Trinajstić information content (AvgIpc) is 2.83. The molecule has 5 nitrogen and oxygen atoms in total. The van der Waals surface area contributed by atoms with Gasteiger partial charge in [-0.1, -0.05) is 12.1 Å². The first-order chi connectivity index (χ1) is 16.2. The first-order valence-electron chi connectivity index (χ1n) is 10.6. The van der Waals surface area contributed by atoms with Crippen molar-refractivity contribution >= 4 is 5.69 Å². The van der Waals surface area contributed by atoms with Gasteiger partial charge in [-0.3, -0.25) is 4.98 Å². The quantitative estimate of drug-likeness (QED) is 0.528. The molecule has 0 atom stereocenters. The summed E-state index contributed by atoms with van der Waals surface area (Å²) >= 11 is 0. The summed E-state index contributed by atoms with van der Waals surface area (Å²) in [6, 6.07) is 13.4. The normalized spacial score (nSPS) is 15.6. The van der Waals surface area contributed by atoms with Gasteiger partial charge in [0.05, 0.1) is 23.9 Å². The molecule has 176 valence electrons. The number of alkyl halides is 3. The molecule has 0 unspecified atom stereocenters. The number of hydrogen-bond acceptors (Lipinski definition) is 5. The molecule has 1 aromatic heterocycles. The number of para-hydroxylation sites is 1. The molecule has 0 amide bonds. The van der Waals surface area contributed by atoms with Crippen molar-refractivity contribution < 1.29 is 22.3 Å². The zero-order chi connectivity index (χ0) is 24.5. The highest BCUT2D eigenvalue weighted by Crippen LogP contribution is 2.37. The molecule has 2 aromatic carbocycles. The van der Waals surface area contributed by atoms with E-state index in [1.54, 1.807) is 30.5 Å². The van der Waals surface area contributed by atoms with Crippen LogP contribution in [0, 0.1) is 17.1 Å². The molecule has 0 spiro atoms. The van der Waals surface area contributed by atoms with Gasteiger partial charge in [-0.05, 0) is 54.8 Å². The number of hydrogen-bond donors (Lipinski definition) is 1. The fraction of sp³-hybridized carbons (Fsp3) is 0.280. The number of nitriles is 1. The third-order valence-electron chi connectivity index (χ3n) is 6.22. The molecule has 0 radical (unpaired) electrons. The predicted octanol–water partition coefficient (Wildman–Crippen LogP) is 5.24. The molecule has 2 heterocycles. The van der Waals surface area contributed by atoms with E-state index in [2.05, 4.69) is 4.98 Å². The number of ether oxygens (including phenoxy) is 1. The van der Waals surface area contributed by atoms with Gasteiger partial charge in [-0.15, -0.1) is 0 Å². The Kier molecular flexibility index (Phi) is 6.19. The van der Waals surface area contributed by atoms with Crippen LogP contribution in [0.25, 0.3) is 11.3 Å². The van der Waals surface area contributed by atoms with Crippen LogP contribution in [-0.2, 0) is 11.7 Å². The van der Waals surface area contributed by atoms with Crippen LogP contribution < -0.4 is 15.4 Å². The van der Waals surface area contributed by atoms with Crippen molar-refractivity contribution in [1.29, 1.82) is 5.26 Å². The van der Waals surface area contributed by atoms with Gasteiger partial charge in [0.2, 0.25) is 0 Å². The molecule has 1 aliphatic heterocycles. The van der Waals surface area contributed by atoms with Crippen molar-refractivity contribution in [2.45, 2.75) is 24.6 Å². The van der Waals surface area contributed by atoms with E-state index in [4.69, 9.17) is 10.5 Å². The summed E-state index contributed by atoms with van der Waals surface area (Å²) < 4.78 is 59.3. The minimum atomic E-state index is -4.52. The van der Waals surface area contributed by atoms with Crippen LogP contribution in [-0.4, -0.2) is 25.2 Å². The number of aromatic nitrogens is 1. The molecule has 0 aliphatic carbocycles. The lowest BCUT2D eigenvalue weighted by Crippen LogP contribution is -2.48. The minimum Gasteiger partial charge on any atom is -0.496 e. The average molecular weight is 470 g/mol. The highest BCUT2D eigenvalue weighted by molar-refractivity contribution is 5.68. The predicted molar refractivity (Wildman–Crippen MR) is 120 cm³/mol. The Labute approximate surface area is 194 Å². The summed E-state index contributed by atoms with van der Waals surface area (Å²) in [6.07, 6.45) is -2.15. The zero-order valence-electron chi connectivity index (χ0n) is 18.4. The molecule has 1 fully saturated rings. The van der Waals surface area contributed by atoms with E-state index in [1.165, 1.54) is 19.2 Å². The number of halogens is 4. The monoisotopic (exact) mass is 470 g/mol. The molecular formula is C25H22F4N4O. The van der Waals surface area contributed by atoms with Crippen molar-refractivity contribution in [1.82, 2.24) is 4.98 Å². The zero-order valence-corrected chi connectivity index (χ0v) is 18.4.